The van der Waals surface area contributed by atoms with Gasteiger partial charge in [-0.05, 0) is 41.8 Å². The van der Waals surface area contributed by atoms with Crippen LogP contribution in [0.2, 0.25) is 0 Å². The molecule has 0 radical (unpaired) electrons. The number of hydrogen-bond donors (Lipinski definition) is 2. The van der Waals surface area contributed by atoms with Crippen molar-refractivity contribution in [1.29, 1.82) is 0 Å². The lowest BCUT2D eigenvalue weighted by Gasteiger charge is -2.31. The number of nitrogens with zero attached hydrogens (tertiary/aromatic N) is 3. The quantitative estimate of drug-likeness (QED) is 0.357. The van der Waals surface area contributed by atoms with Crippen LogP contribution in [0.25, 0.3) is 6.08 Å². The molecule has 1 aromatic heterocycles. The van der Waals surface area contributed by atoms with E-state index in [1.165, 1.54) is 6.08 Å². The highest BCUT2D eigenvalue weighted by atomic mass is 16.5. The second-order valence-corrected chi connectivity index (χ2v) is 8.40. The van der Waals surface area contributed by atoms with Gasteiger partial charge in [0.15, 0.2) is 0 Å². The summed E-state index contributed by atoms with van der Waals surface area (Å²) in [6, 6.07) is 25.7. The van der Waals surface area contributed by atoms with E-state index in [0.717, 1.165) is 28.9 Å². The van der Waals surface area contributed by atoms with Crippen molar-refractivity contribution >= 4 is 23.9 Å². The van der Waals surface area contributed by atoms with Crippen molar-refractivity contribution < 1.29 is 14.3 Å². The highest BCUT2D eigenvalue weighted by Gasteiger charge is 2.31. The van der Waals surface area contributed by atoms with Crippen LogP contribution in [0.3, 0.4) is 0 Å². The number of aromatic nitrogens is 3. The monoisotopic (exact) mass is 481 g/mol. The lowest BCUT2D eigenvalue weighted by molar-refractivity contribution is -0.111. The van der Waals surface area contributed by atoms with Gasteiger partial charge in [0.1, 0.15) is 11.5 Å². The van der Waals surface area contributed by atoms with E-state index in [0.29, 0.717) is 11.7 Å². The van der Waals surface area contributed by atoms with Gasteiger partial charge < -0.3 is 14.8 Å². The third-order valence-electron chi connectivity index (χ3n) is 6.18. The van der Waals surface area contributed by atoms with Crippen LogP contribution in [0.15, 0.2) is 84.9 Å². The molecule has 2 atom stereocenters. The van der Waals surface area contributed by atoms with Crippen LogP contribution in [0, 0.1) is 0 Å². The van der Waals surface area contributed by atoms with E-state index in [9.17, 15) is 4.79 Å². The molecule has 0 saturated carbocycles. The number of anilines is 2. The van der Waals surface area contributed by atoms with Gasteiger partial charge in [0.25, 0.3) is 11.9 Å². The molecule has 0 spiro atoms. The molecule has 0 bridgehead atoms. The molecule has 1 aliphatic rings. The Morgan fingerprint density at radius 1 is 0.972 bits per heavy atom. The molecule has 8 heteroatoms. The molecule has 1 aliphatic heterocycles. The summed E-state index contributed by atoms with van der Waals surface area (Å²) in [6.45, 7) is 0. The number of rotatable bonds is 7. The number of para-hydroxylation sites is 1. The number of amides is 1. The van der Waals surface area contributed by atoms with Crippen molar-refractivity contribution in [3.05, 3.63) is 102 Å². The number of benzene rings is 3. The van der Waals surface area contributed by atoms with Gasteiger partial charge in [0, 0.05) is 11.6 Å². The Labute approximate surface area is 209 Å². The van der Waals surface area contributed by atoms with Crippen LogP contribution < -0.4 is 20.1 Å². The Kier molecular flexibility index (Phi) is 6.66. The third kappa shape index (κ3) is 4.93. The first-order chi connectivity index (χ1) is 17.6. The number of carbonyl (C=O) groups is 1. The fraction of sp³-hybridized carbons (Fsp3) is 0.179. The number of hydrogen-bond acceptors (Lipinski definition) is 6. The molecular weight excluding hydrogens is 454 g/mol. The molecule has 5 rings (SSSR count). The largest absolute Gasteiger partial charge is 0.497 e. The zero-order valence-electron chi connectivity index (χ0n) is 20.1. The first-order valence-corrected chi connectivity index (χ1v) is 11.7. The molecule has 4 aromatic rings. The summed E-state index contributed by atoms with van der Waals surface area (Å²) < 4.78 is 12.5. The zero-order chi connectivity index (χ0) is 24.9. The Morgan fingerprint density at radius 2 is 1.72 bits per heavy atom. The van der Waals surface area contributed by atoms with Gasteiger partial charge in [-0.15, -0.1) is 5.10 Å². The molecule has 0 saturated heterocycles. The van der Waals surface area contributed by atoms with Crippen molar-refractivity contribution in [3.8, 4) is 11.5 Å². The van der Waals surface area contributed by atoms with Gasteiger partial charge >= 0.3 is 0 Å². The van der Waals surface area contributed by atoms with Crippen molar-refractivity contribution in [1.82, 2.24) is 14.8 Å². The van der Waals surface area contributed by atoms with E-state index in [1.807, 2.05) is 59.3 Å². The van der Waals surface area contributed by atoms with E-state index >= 15 is 0 Å². The number of methoxy groups -OCH3 is 2. The van der Waals surface area contributed by atoms with Gasteiger partial charge in [-0.25, -0.2) is 4.68 Å². The molecule has 3 aromatic carbocycles. The maximum absolute atomic E-state index is 12.6. The zero-order valence-corrected chi connectivity index (χ0v) is 20.1. The molecule has 0 fully saturated rings. The summed E-state index contributed by atoms with van der Waals surface area (Å²) in [4.78, 5) is 17.2. The van der Waals surface area contributed by atoms with Crippen molar-refractivity contribution in [3.63, 3.8) is 0 Å². The van der Waals surface area contributed by atoms with Gasteiger partial charge in [0.2, 0.25) is 5.95 Å². The second-order valence-electron chi connectivity index (χ2n) is 8.40. The van der Waals surface area contributed by atoms with Crippen LogP contribution in [-0.4, -0.2) is 34.9 Å². The Bertz CT molecular complexity index is 1370. The summed E-state index contributed by atoms with van der Waals surface area (Å²) in [6.07, 6.45) is 3.92. The Morgan fingerprint density at radius 3 is 2.47 bits per heavy atom. The fourth-order valence-corrected chi connectivity index (χ4v) is 4.36. The van der Waals surface area contributed by atoms with Gasteiger partial charge in [-0.1, -0.05) is 60.7 Å². The lowest BCUT2D eigenvalue weighted by atomic mass is 9.93. The Balaban J connectivity index is 1.39. The molecule has 182 valence electrons. The first kappa shape index (κ1) is 23.2. The molecule has 2 N–H and O–H groups in total. The number of nitrogens with one attached hydrogen (secondary N) is 2. The topological polar surface area (TPSA) is 90.3 Å². The average Bonchev–Trinajstić information content (AvgIpc) is 3.34. The minimum Gasteiger partial charge on any atom is -0.497 e. The van der Waals surface area contributed by atoms with Crippen molar-refractivity contribution in [2.45, 2.75) is 18.5 Å². The standard InChI is InChI=1S/C28H27N5O3/c1-35-22-15-12-19(13-16-22)23-18-24(20-8-4-3-5-9-20)33-28(29-23)31-27(32-33)30-26(34)17-14-21-10-6-7-11-25(21)36-2/h3-17,23-24H,18H2,1-2H3,(H2,29,30,31,32,34)/b17-14+/t23-,24+/m0/s1. The average molecular weight is 482 g/mol. The normalized spacial score (nSPS) is 16.7. The molecular formula is C28H27N5O3. The van der Waals surface area contributed by atoms with Gasteiger partial charge in [-0.3, -0.25) is 10.1 Å². The van der Waals surface area contributed by atoms with Gasteiger partial charge in [0.05, 0.1) is 26.3 Å². The highest BCUT2D eigenvalue weighted by Crippen LogP contribution is 2.38. The highest BCUT2D eigenvalue weighted by molar-refractivity contribution is 6.01. The first-order valence-electron chi connectivity index (χ1n) is 11.7. The summed E-state index contributed by atoms with van der Waals surface area (Å²) in [7, 11) is 3.25. The van der Waals surface area contributed by atoms with Crippen molar-refractivity contribution in [2.24, 2.45) is 0 Å². The molecule has 36 heavy (non-hydrogen) atoms. The van der Waals surface area contributed by atoms with Crippen LogP contribution in [0.4, 0.5) is 11.9 Å². The maximum Gasteiger partial charge on any atom is 0.250 e. The van der Waals surface area contributed by atoms with Crippen LogP contribution in [0.1, 0.15) is 35.2 Å². The summed E-state index contributed by atoms with van der Waals surface area (Å²) in [5, 5.41) is 10.9. The van der Waals surface area contributed by atoms with Crippen LogP contribution in [0.5, 0.6) is 11.5 Å². The van der Waals surface area contributed by atoms with Gasteiger partial charge in [-0.2, -0.15) is 4.98 Å². The number of ether oxygens (including phenoxy) is 2. The van der Waals surface area contributed by atoms with E-state index in [2.05, 4.69) is 45.0 Å². The fourth-order valence-electron chi connectivity index (χ4n) is 4.36. The lowest BCUT2D eigenvalue weighted by Crippen LogP contribution is -2.28. The van der Waals surface area contributed by atoms with Crippen LogP contribution in [-0.2, 0) is 4.79 Å². The molecule has 2 heterocycles. The minimum absolute atomic E-state index is 0.0202. The Hall–Kier alpha value is -4.59. The van der Waals surface area contributed by atoms with E-state index in [-0.39, 0.29) is 23.9 Å². The summed E-state index contributed by atoms with van der Waals surface area (Å²) >= 11 is 0. The molecule has 0 unspecified atom stereocenters. The number of fused-ring (bicyclic) bond motifs is 1. The predicted octanol–water partition coefficient (Wildman–Crippen LogP) is 5.09. The maximum atomic E-state index is 12.6. The van der Waals surface area contributed by atoms with E-state index in [1.54, 1.807) is 20.3 Å². The second kappa shape index (κ2) is 10.4. The molecule has 8 nitrogen and oxygen atoms in total. The summed E-state index contributed by atoms with van der Waals surface area (Å²) in [5.41, 5.74) is 3.05. The van der Waals surface area contributed by atoms with Crippen molar-refractivity contribution in [2.75, 3.05) is 24.9 Å². The summed E-state index contributed by atoms with van der Waals surface area (Å²) in [5.74, 6) is 2.01. The molecule has 1 amide bonds. The predicted molar refractivity (Wildman–Crippen MR) is 139 cm³/mol. The SMILES string of the molecule is COc1ccc([C@@H]2C[C@H](c3ccccc3)n3nc(NC(=O)/C=C/c4ccccc4OC)nc3N2)cc1. The minimum atomic E-state index is -0.327. The molecule has 0 aliphatic carbocycles. The third-order valence-corrected chi connectivity index (χ3v) is 6.18. The van der Waals surface area contributed by atoms with Crippen LogP contribution >= 0.6 is 0 Å². The number of carbonyl (C=O) groups excluding carboxylic acids is 1. The van der Waals surface area contributed by atoms with E-state index in [4.69, 9.17) is 9.47 Å². The van der Waals surface area contributed by atoms with E-state index < -0.39 is 0 Å². The smallest absolute Gasteiger partial charge is 0.250 e.